The Kier molecular flexibility index (Phi) is 8.09. The lowest BCUT2D eigenvalue weighted by Gasteiger charge is -2.06. The molecule has 70 valence electrons. The zero-order chi connectivity index (χ0) is 9.23. The van der Waals surface area contributed by atoms with E-state index in [9.17, 15) is 0 Å². The largest absolute Gasteiger partial charge is 0.380 e. The zero-order valence-corrected chi connectivity index (χ0v) is 7.97. The summed E-state index contributed by atoms with van der Waals surface area (Å²) in [6, 6.07) is 2.03. The van der Waals surface area contributed by atoms with Crippen molar-refractivity contribution in [2.24, 2.45) is 0 Å². The number of nitrogens with one attached hydrogen (secondary N) is 1. The van der Waals surface area contributed by atoms with Crippen LogP contribution in [0.4, 0.5) is 0 Å². The van der Waals surface area contributed by atoms with E-state index in [1.54, 1.807) is 0 Å². The van der Waals surface area contributed by atoms with E-state index in [0.717, 1.165) is 19.6 Å². The number of nitrogens with zero attached hydrogens (tertiary/aromatic N) is 1. The molecule has 12 heavy (non-hydrogen) atoms. The fourth-order valence-electron chi connectivity index (χ4n) is 0.742. The van der Waals surface area contributed by atoms with E-state index < -0.39 is 0 Å². The molecule has 0 aromatic heterocycles. The fraction of sp³-hybridized carbons (Fsp3) is 0.889. The molecular formula is C9H18N2O. The lowest BCUT2D eigenvalue weighted by molar-refractivity contribution is 0.132. The molecule has 0 saturated heterocycles. The molecule has 3 nitrogen and oxygen atoms in total. The van der Waals surface area contributed by atoms with Crippen molar-refractivity contribution in [3.05, 3.63) is 0 Å². The van der Waals surface area contributed by atoms with E-state index >= 15 is 0 Å². The highest BCUT2D eigenvalue weighted by atomic mass is 16.5. The highest BCUT2D eigenvalue weighted by Crippen LogP contribution is 1.86. The number of nitriles is 1. The minimum absolute atomic E-state index is 0.0697. The van der Waals surface area contributed by atoms with E-state index in [0.29, 0.717) is 6.61 Å². The minimum atomic E-state index is -0.0697. The second-order valence-corrected chi connectivity index (χ2v) is 2.77. The number of ether oxygens (including phenoxy) is 1. The Labute approximate surface area is 74.7 Å². The molecule has 0 bridgehead atoms. The Hall–Kier alpha value is -0.590. The molecule has 0 aliphatic rings. The van der Waals surface area contributed by atoms with Crippen LogP contribution in [0.15, 0.2) is 0 Å². The standard InChI is InChI=1S/C9H18N2O/c1-3-4-6-12-7-5-11-9(2)8-10/h9,11H,3-7H2,1-2H3. The van der Waals surface area contributed by atoms with Gasteiger partial charge in [0.1, 0.15) is 0 Å². The van der Waals surface area contributed by atoms with Gasteiger partial charge in [-0.2, -0.15) is 5.26 Å². The SMILES string of the molecule is CCCCOCCNC(C)C#N. The summed E-state index contributed by atoms with van der Waals surface area (Å²) < 4.78 is 5.30. The van der Waals surface area contributed by atoms with Gasteiger partial charge in [-0.15, -0.1) is 0 Å². The average Bonchev–Trinajstić information content (AvgIpc) is 2.10. The van der Waals surface area contributed by atoms with E-state index in [1.807, 2.05) is 6.92 Å². The predicted octanol–water partition coefficient (Wildman–Crippen LogP) is 1.30. The summed E-state index contributed by atoms with van der Waals surface area (Å²) >= 11 is 0. The number of unbranched alkanes of at least 4 members (excludes halogenated alkanes) is 1. The van der Waals surface area contributed by atoms with Gasteiger partial charge in [-0.05, 0) is 13.3 Å². The van der Waals surface area contributed by atoms with Crippen LogP contribution in [0, 0.1) is 11.3 Å². The van der Waals surface area contributed by atoms with Crippen molar-refractivity contribution in [3.63, 3.8) is 0 Å². The van der Waals surface area contributed by atoms with Crippen LogP contribution in [0.5, 0.6) is 0 Å². The maximum atomic E-state index is 8.42. The van der Waals surface area contributed by atoms with Gasteiger partial charge < -0.3 is 4.74 Å². The van der Waals surface area contributed by atoms with Crippen LogP contribution < -0.4 is 5.32 Å². The Morgan fingerprint density at radius 3 is 2.83 bits per heavy atom. The normalized spacial score (nSPS) is 12.4. The monoisotopic (exact) mass is 170 g/mol. The fourth-order valence-corrected chi connectivity index (χ4v) is 0.742. The first-order valence-electron chi connectivity index (χ1n) is 4.52. The van der Waals surface area contributed by atoms with Gasteiger partial charge in [-0.1, -0.05) is 13.3 Å². The molecule has 0 spiro atoms. The third-order valence-corrected chi connectivity index (χ3v) is 1.53. The van der Waals surface area contributed by atoms with Crippen LogP contribution in [-0.4, -0.2) is 25.8 Å². The summed E-state index contributed by atoms with van der Waals surface area (Å²) in [7, 11) is 0. The summed E-state index contributed by atoms with van der Waals surface area (Å²) in [4.78, 5) is 0. The summed E-state index contributed by atoms with van der Waals surface area (Å²) in [5.41, 5.74) is 0. The molecular weight excluding hydrogens is 152 g/mol. The molecule has 0 radical (unpaired) electrons. The van der Waals surface area contributed by atoms with Crippen LogP contribution in [0.2, 0.25) is 0 Å². The molecule has 0 fully saturated rings. The molecule has 0 aromatic carbocycles. The van der Waals surface area contributed by atoms with Gasteiger partial charge in [-0.3, -0.25) is 5.32 Å². The van der Waals surface area contributed by atoms with Crippen LogP contribution >= 0.6 is 0 Å². The molecule has 0 rings (SSSR count). The van der Waals surface area contributed by atoms with Crippen molar-refractivity contribution in [1.82, 2.24) is 5.32 Å². The first-order valence-corrected chi connectivity index (χ1v) is 4.52. The Balaban J connectivity index is 2.96. The van der Waals surface area contributed by atoms with Crippen molar-refractivity contribution < 1.29 is 4.74 Å². The number of hydrogen-bond donors (Lipinski definition) is 1. The highest BCUT2D eigenvalue weighted by molar-refractivity contribution is 4.84. The summed E-state index contributed by atoms with van der Waals surface area (Å²) in [6.45, 7) is 6.27. The third-order valence-electron chi connectivity index (χ3n) is 1.53. The molecule has 0 heterocycles. The van der Waals surface area contributed by atoms with Gasteiger partial charge in [-0.25, -0.2) is 0 Å². The Morgan fingerprint density at radius 1 is 1.50 bits per heavy atom. The van der Waals surface area contributed by atoms with Gasteiger partial charge >= 0.3 is 0 Å². The molecule has 3 heteroatoms. The molecule has 0 aromatic rings. The molecule has 0 amide bonds. The number of rotatable bonds is 7. The molecule has 0 saturated carbocycles. The van der Waals surface area contributed by atoms with E-state index in [4.69, 9.17) is 10.00 Å². The maximum absolute atomic E-state index is 8.42. The quantitative estimate of drug-likeness (QED) is 0.586. The second-order valence-electron chi connectivity index (χ2n) is 2.77. The van der Waals surface area contributed by atoms with E-state index in [2.05, 4.69) is 18.3 Å². The smallest absolute Gasteiger partial charge is 0.0925 e. The Morgan fingerprint density at radius 2 is 2.25 bits per heavy atom. The molecule has 0 aliphatic carbocycles. The third kappa shape index (κ3) is 7.52. The minimum Gasteiger partial charge on any atom is -0.380 e. The summed E-state index contributed by atoms with van der Waals surface area (Å²) in [6.07, 6.45) is 2.29. The topological polar surface area (TPSA) is 45.0 Å². The van der Waals surface area contributed by atoms with Crippen molar-refractivity contribution in [2.75, 3.05) is 19.8 Å². The average molecular weight is 170 g/mol. The molecule has 1 N–H and O–H groups in total. The molecule has 0 aliphatic heterocycles. The second kappa shape index (κ2) is 8.51. The molecule has 1 unspecified atom stereocenters. The molecule has 1 atom stereocenters. The zero-order valence-electron chi connectivity index (χ0n) is 7.97. The Bertz CT molecular complexity index is 131. The number of hydrogen-bond acceptors (Lipinski definition) is 3. The van der Waals surface area contributed by atoms with Crippen molar-refractivity contribution in [2.45, 2.75) is 32.7 Å². The van der Waals surface area contributed by atoms with Gasteiger partial charge in [0.2, 0.25) is 0 Å². The van der Waals surface area contributed by atoms with Crippen molar-refractivity contribution in [1.29, 1.82) is 5.26 Å². The van der Waals surface area contributed by atoms with Gasteiger partial charge in [0, 0.05) is 13.2 Å². The summed E-state index contributed by atoms with van der Waals surface area (Å²) in [5.74, 6) is 0. The van der Waals surface area contributed by atoms with Crippen LogP contribution in [0.3, 0.4) is 0 Å². The lowest BCUT2D eigenvalue weighted by Crippen LogP contribution is -2.28. The van der Waals surface area contributed by atoms with Gasteiger partial charge in [0.05, 0.1) is 18.7 Å². The highest BCUT2D eigenvalue weighted by Gasteiger charge is 1.95. The first kappa shape index (κ1) is 11.4. The van der Waals surface area contributed by atoms with Gasteiger partial charge in [0.15, 0.2) is 0 Å². The first-order chi connectivity index (χ1) is 5.81. The summed E-state index contributed by atoms with van der Waals surface area (Å²) in [5, 5.41) is 11.4. The maximum Gasteiger partial charge on any atom is 0.0925 e. The van der Waals surface area contributed by atoms with Crippen LogP contribution in [0.25, 0.3) is 0 Å². The van der Waals surface area contributed by atoms with Crippen molar-refractivity contribution in [3.8, 4) is 6.07 Å². The predicted molar refractivity (Wildman–Crippen MR) is 48.8 cm³/mol. The van der Waals surface area contributed by atoms with E-state index in [-0.39, 0.29) is 6.04 Å². The lowest BCUT2D eigenvalue weighted by atomic mass is 10.4. The van der Waals surface area contributed by atoms with Crippen LogP contribution in [-0.2, 0) is 4.74 Å². The van der Waals surface area contributed by atoms with E-state index in [1.165, 1.54) is 6.42 Å². The van der Waals surface area contributed by atoms with Crippen molar-refractivity contribution >= 4 is 0 Å². The van der Waals surface area contributed by atoms with Gasteiger partial charge in [0.25, 0.3) is 0 Å². The van der Waals surface area contributed by atoms with Crippen LogP contribution in [0.1, 0.15) is 26.7 Å².